The van der Waals surface area contributed by atoms with Crippen LogP contribution in [-0.4, -0.2) is 37.7 Å². The third-order valence-electron chi connectivity index (χ3n) is 2.93. The van der Waals surface area contributed by atoms with Crippen molar-refractivity contribution in [2.45, 2.75) is 13.5 Å². The third kappa shape index (κ3) is 5.88. The number of hydrogen-bond donors (Lipinski definition) is 1. The van der Waals surface area contributed by atoms with Gasteiger partial charge in [0.1, 0.15) is 5.75 Å². The van der Waals surface area contributed by atoms with Crippen molar-refractivity contribution in [2.24, 2.45) is 0 Å². The van der Waals surface area contributed by atoms with Gasteiger partial charge in [0.25, 0.3) is 0 Å². The van der Waals surface area contributed by atoms with E-state index >= 15 is 0 Å². The zero-order valence-electron chi connectivity index (χ0n) is 11.0. The first kappa shape index (κ1) is 19.0. The van der Waals surface area contributed by atoms with Crippen LogP contribution < -0.4 is 10.1 Å². The van der Waals surface area contributed by atoms with Crippen molar-refractivity contribution in [1.82, 2.24) is 10.2 Å². The average Bonchev–Trinajstić information content (AvgIpc) is 2.34. The van der Waals surface area contributed by atoms with Crippen LogP contribution in [0.4, 0.5) is 0 Å². The van der Waals surface area contributed by atoms with Gasteiger partial charge in [0.05, 0.1) is 6.61 Å². The molecule has 1 fully saturated rings. The van der Waals surface area contributed by atoms with Crippen LogP contribution in [0.3, 0.4) is 0 Å². The lowest BCUT2D eigenvalue weighted by molar-refractivity contribution is 0.228. The van der Waals surface area contributed by atoms with E-state index < -0.39 is 0 Å². The Hall–Kier alpha value is -0.000000000000000222. The maximum Gasteiger partial charge on any atom is 0.123 e. The Balaban J connectivity index is 0.00000162. The number of rotatable bonds is 4. The molecule has 3 nitrogen and oxygen atoms in total. The summed E-state index contributed by atoms with van der Waals surface area (Å²) in [6.45, 7) is 8.09. The van der Waals surface area contributed by atoms with E-state index in [-0.39, 0.29) is 24.8 Å². The first-order valence-corrected chi connectivity index (χ1v) is 6.93. The number of nitrogens with zero attached hydrogens (tertiary/aromatic N) is 1. The quantitative estimate of drug-likeness (QED) is 0.880. The van der Waals surface area contributed by atoms with E-state index in [1.807, 2.05) is 19.1 Å². The molecule has 1 aliphatic rings. The van der Waals surface area contributed by atoms with Crippen molar-refractivity contribution in [3.8, 4) is 5.75 Å². The summed E-state index contributed by atoms with van der Waals surface area (Å²) < 4.78 is 6.79. The van der Waals surface area contributed by atoms with Crippen LogP contribution in [0.15, 0.2) is 22.7 Å². The standard InChI is InChI=1S/C13H19BrN2O.2ClH/c1-2-17-13-4-3-12(14)9-11(13)10-16-7-5-15-6-8-16;;/h3-4,9,15H,2,5-8,10H2,1H3;2*1H. The lowest BCUT2D eigenvalue weighted by atomic mass is 10.1. The van der Waals surface area contributed by atoms with Crippen LogP contribution in [0.2, 0.25) is 0 Å². The molecule has 1 aromatic carbocycles. The summed E-state index contributed by atoms with van der Waals surface area (Å²) in [6, 6.07) is 6.24. The summed E-state index contributed by atoms with van der Waals surface area (Å²) in [5.41, 5.74) is 1.27. The Kier molecular flexibility index (Phi) is 9.83. The molecule has 0 aliphatic carbocycles. The minimum Gasteiger partial charge on any atom is -0.494 e. The van der Waals surface area contributed by atoms with Gasteiger partial charge in [-0.1, -0.05) is 15.9 Å². The Morgan fingerprint density at radius 1 is 1.26 bits per heavy atom. The zero-order chi connectivity index (χ0) is 12.1. The first-order valence-electron chi connectivity index (χ1n) is 6.14. The molecule has 6 heteroatoms. The predicted octanol–water partition coefficient (Wildman–Crippen LogP) is 3.10. The monoisotopic (exact) mass is 370 g/mol. The van der Waals surface area contributed by atoms with E-state index in [0.29, 0.717) is 0 Å². The molecule has 1 saturated heterocycles. The highest BCUT2D eigenvalue weighted by Gasteiger charge is 2.13. The highest BCUT2D eigenvalue weighted by atomic mass is 79.9. The molecule has 0 unspecified atom stereocenters. The summed E-state index contributed by atoms with van der Waals surface area (Å²) in [6.07, 6.45) is 0. The van der Waals surface area contributed by atoms with Gasteiger partial charge in [0.15, 0.2) is 0 Å². The number of hydrogen-bond acceptors (Lipinski definition) is 3. The van der Waals surface area contributed by atoms with Crippen molar-refractivity contribution in [3.05, 3.63) is 28.2 Å². The molecule has 1 aliphatic heterocycles. The number of nitrogens with one attached hydrogen (secondary N) is 1. The molecular formula is C13H21BrCl2N2O. The molecule has 0 radical (unpaired) electrons. The lowest BCUT2D eigenvalue weighted by Gasteiger charge is -2.27. The topological polar surface area (TPSA) is 24.5 Å². The Bertz CT molecular complexity index is 374. The Morgan fingerprint density at radius 2 is 1.95 bits per heavy atom. The minimum absolute atomic E-state index is 0. The molecule has 2 rings (SSSR count). The minimum atomic E-state index is 0. The summed E-state index contributed by atoms with van der Waals surface area (Å²) in [4.78, 5) is 2.46. The molecular weight excluding hydrogens is 351 g/mol. The van der Waals surface area contributed by atoms with Crippen LogP contribution >= 0.6 is 40.7 Å². The van der Waals surface area contributed by atoms with Gasteiger partial charge in [0.2, 0.25) is 0 Å². The molecule has 1 N–H and O–H groups in total. The number of piperazine rings is 1. The number of halogens is 3. The lowest BCUT2D eigenvalue weighted by Crippen LogP contribution is -2.42. The van der Waals surface area contributed by atoms with Gasteiger partial charge < -0.3 is 10.1 Å². The largest absolute Gasteiger partial charge is 0.494 e. The van der Waals surface area contributed by atoms with Gasteiger partial charge in [-0.05, 0) is 25.1 Å². The predicted molar refractivity (Wildman–Crippen MR) is 88.0 cm³/mol. The maximum absolute atomic E-state index is 5.67. The number of ether oxygens (including phenoxy) is 1. The van der Waals surface area contributed by atoms with Crippen LogP contribution in [0, 0.1) is 0 Å². The van der Waals surface area contributed by atoms with Crippen molar-refractivity contribution < 1.29 is 4.74 Å². The third-order valence-corrected chi connectivity index (χ3v) is 3.42. The van der Waals surface area contributed by atoms with Crippen molar-refractivity contribution in [3.63, 3.8) is 0 Å². The summed E-state index contributed by atoms with van der Waals surface area (Å²) in [5, 5.41) is 3.37. The summed E-state index contributed by atoms with van der Waals surface area (Å²) >= 11 is 3.53. The van der Waals surface area contributed by atoms with E-state index in [2.05, 4.69) is 32.2 Å². The van der Waals surface area contributed by atoms with Crippen molar-refractivity contribution >= 4 is 40.7 Å². The normalized spacial score (nSPS) is 15.3. The Labute approximate surface area is 136 Å². The van der Waals surface area contributed by atoms with Crippen LogP contribution in [-0.2, 0) is 6.54 Å². The van der Waals surface area contributed by atoms with E-state index in [1.165, 1.54) is 5.56 Å². The second-order valence-electron chi connectivity index (χ2n) is 4.21. The molecule has 0 saturated carbocycles. The SMILES string of the molecule is CCOc1ccc(Br)cc1CN1CCNCC1.Cl.Cl. The summed E-state index contributed by atoms with van der Waals surface area (Å²) in [7, 11) is 0. The van der Waals surface area contributed by atoms with Crippen molar-refractivity contribution in [2.75, 3.05) is 32.8 Å². The molecule has 0 atom stereocenters. The van der Waals surface area contributed by atoms with E-state index in [1.54, 1.807) is 0 Å². The van der Waals surface area contributed by atoms with Gasteiger partial charge >= 0.3 is 0 Å². The van der Waals surface area contributed by atoms with Crippen LogP contribution in [0.1, 0.15) is 12.5 Å². The highest BCUT2D eigenvalue weighted by Crippen LogP contribution is 2.24. The molecule has 0 bridgehead atoms. The highest BCUT2D eigenvalue weighted by molar-refractivity contribution is 9.10. The van der Waals surface area contributed by atoms with Gasteiger partial charge in [-0.25, -0.2) is 0 Å². The molecule has 0 spiro atoms. The second-order valence-corrected chi connectivity index (χ2v) is 5.13. The number of benzene rings is 1. The van der Waals surface area contributed by atoms with Crippen molar-refractivity contribution in [1.29, 1.82) is 0 Å². The molecule has 19 heavy (non-hydrogen) atoms. The molecule has 1 heterocycles. The Morgan fingerprint density at radius 3 is 2.58 bits per heavy atom. The van der Waals surface area contributed by atoms with E-state index in [9.17, 15) is 0 Å². The molecule has 0 aromatic heterocycles. The van der Waals surface area contributed by atoms with Gasteiger partial charge in [-0.3, -0.25) is 4.90 Å². The molecule has 1 aromatic rings. The summed E-state index contributed by atoms with van der Waals surface area (Å²) in [5.74, 6) is 1.01. The van der Waals surface area contributed by atoms with Crippen LogP contribution in [0.5, 0.6) is 5.75 Å². The van der Waals surface area contributed by atoms with Gasteiger partial charge in [0, 0.05) is 42.8 Å². The fourth-order valence-electron chi connectivity index (χ4n) is 2.08. The van der Waals surface area contributed by atoms with Gasteiger partial charge in [-0.2, -0.15) is 0 Å². The van der Waals surface area contributed by atoms with E-state index in [0.717, 1.165) is 49.6 Å². The average molecular weight is 372 g/mol. The zero-order valence-corrected chi connectivity index (χ0v) is 14.2. The maximum atomic E-state index is 5.67. The second kappa shape index (κ2) is 9.83. The molecule has 110 valence electrons. The van der Waals surface area contributed by atoms with Gasteiger partial charge in [-0.15, -0.1) is 24.8 Å². The van der Waals surface area contributed by atoms with E-state index in [4.69, 9.17) is 4.74 Å². The fourth-order valence-corrected chi connectivity index (χ4v) is 2.49. The van der Waals surface area contributed by atoms with Crippen LogP contribution in [0.25, 0.3) is 0 Å². The molecule has 0 amide bonds. The first-order chi connectivity index (χ1) is 8.29. The fraction of sp³-hybridized carbons (Fsp3) is 0.538. The smallest absolute Gasteiger partial charge is 0.123 e.